The number of hydrogen-bond acceptors (Lipinski definition) is 4. The molecule has 0 spiro atoms. The maximum atomic E-state index is 12.7. The van der Waals surface area contributed by atoms with E-state index in [0.29, 0.717) is 30.5 Å². The molecule has 0 radical (unpaired) electrons. The summed E-state index contributed by atoms with van der Waals surface area (Å²) in [5, 5.41) is 13.4. The van der Waals surface area contributed by atoms with Crippen LogP contribution >= 0.6 is 0 Å². The molecule has 25 heavy (non-hydrogen) atoms. The van der Waals surface area contributed by atoms with Gasteiger partial charge in [0, 0.05) is 6.42 Å². The Labute approximate surface area is 150 Å². The Bertz CT molecular complexity index is 649. The number of nitrogens with zero attached hydrogens (tertiary/aromatic N) is 4. The molecule has 0 saturated heterocycles. The molecule has 1 aromatic heterocycles. The van der Waals surface area contributed by atoms with E-state index in [0.717, 1.165) is 18.7 Å². The molecule has 0 unspecified atom stereocenters. The summed E-state index contributed by atoms with van der Waals surface area (Å²) in [7, 11) is 0. The number of aromatic nitrogens is 3. The molecule has 1 heterocycles. The predicted molar refractivity (Wildman–Crippen MR) is 97.1 cm³/mol. The minimum atomic E-state index is -0.0757. The van der Waals surface area contributed by atoms with E-state index in [2.05, 4.69) is 11.2 Å². The normalized spacial score (nSPS) is 19.6. The van der Waals surface area contributed by atoms with Crippen molar-refractivity contribution in [3.8, 4) is 6.07 Å². The van der Waals surface area contributed by atoms with Gasteiger partial charge >= 0.3 is 0 Å². The van der Waals surface area contributed by atoms with Gasteiger partial charge in [0.05, 0.1) is 19.0 Å². The summed E-state index contributed by atoms with van der Waals surface area (Å²) < 4.78 is 1.51. The molecule has 3 rings (SSSR count). The van der Waals surface area contributed by atoms with Crippen LogP contribution in [0, 0.1) is 23.2 Å². The average Bonchev–Trinajstić information content (AvgIpc) is 2.65. The second kappa shape index (κ2) is 9.12. The van der Waals surface area contributed by atoms with E-state index in [-0.39, 0.29) is 5.56 Å². The Morgan fingerprint density at radius 2 is 1.56 bits per heavy atom. The Kier molecular flexibility index (Phi) is 6.61. The zero-order chi connectivity index (χ0) is 17.5. The molecule has 0 N–H and O–H groups in total. The Morgan fingerprint density at radius 1 is 0.960 bits per heavy atom. The van der Waals surface area contributed by atoms with Crippen molar-refractivity contribution in [2.45, 2.75) is 90.0 Å². The predicted octanol–water partition coefficient (Wildman–Crippen LogP) is 3.80. The molecule has 2 aliphatic carbocycles. The Morgan fingerprint density at radius 3 is 2.16 bits per heavy atom. The molecule has 0 atom stereocenters. The van der Waals surface area contributed by atoms with Gasteiger partial charge in [-0.2, -0.15) is 10.4 Å². The van der Waals surface area contributed by atoms with E-state index in [9.17, 15) is 4.79 Å². The lowest BCUT2D eigenvalue weighted by molar-refractivity contribution is 0.340. The first-order valence-electron chi connectivity index (χ1n) is 10.1. The first-order valence-corrected chi connectivity index (χ1v) is 10.1. The van der Waals surface area contributed by atoms with Gasteiger partial charge in [0.15, 0.2) is 0 Å². The second-order valence-electron chi connectivity index (χ2n) is 7.83. The van der Waals surface area contributed by atoms with Gasteiger partial charge in [-0.3, -0.25) is 4.79 Å². The van der Waals surface area contributed by atoms with E-state index >= 15 is 0 Å². The zero-order valence-corrected chi connectivity index (χ0v) is 15.3. The van der Waals surface area contributed by atoms with Crippen LogP contribution in [0.25, 0.3) is 0 Å². The van der Waals surface area contributed by atoms with Gasteiger partial charge in [0.1, 0.15) is 11.5 Å². The van der Waals surface area contributed by atoms with E-state index in [4.69, 9.17) is 10.2 Å². The third-order valence-electron chi connectivity index (χ3n) is 5.82. The smallest absolute Gasteiger partial charge is 0.266 e. The average molecular weight is 342 g/mol. The first-order chi connectivity index (χ1) is 12.3. The van der Waals surface area contributed by atoms with Crippen molar-refractivity contribution in [3.63, 3.8) is 0 Å². The van der Waals surface area contributed by atoms with Gasteiger partial charge in [-0.05, 0) is 18.3 Å². The van der Waals surface area contributed by atoms with Crippen LogP contribution in [0.2, 0.25) is 0 Å². The van der Waals surface area contributed by atoms with Crippen molar-refractivity contribution >= 4 is 0 Å². The SMILES string of the molecule is N#CCCn1nc(CC2CCCCC2)nc(CC2CCCCC2)c1=O. The van der Waals surface area contributed by atoms with Crippen molar-refractivity contribution in [2.75, 3.05) is 0 Å². The van der Waals surface area contributed by atoms with E-state index in [1.54, 1.807) is 0 Å². The molecule has 2 saturated carbocycles. The molecule has 2 aliphatic rings. The van der Waals surface area contributed by atoms with Crippen LogP contribution < -0.4 is 5.56 Å². The Hall–Kier alpha value is -1.70. The van der Waals surface area contributed by atoms with Gasteiger partial charge in [0.2, 0.25) is 0 Å². The van der Waals surface area contributed by atoms with Crippen LogP contribution in [0.3, 0.4) is 0 Å². The molecule has 2 fully saturated rings. The standard InChI is InChI=1S/C20H30N4O/c21-12-7-13-24-20(25)18(14-16-8-3-1-4-9-16)22-19(23-24)15-17-10-5-2-6-11-17/h16-17H,1-11,13-15H2. The van der Waals surface area contributed by atoms with Crippen molar-refractivity contribution in [1.29, 1.82) is 5.26 Å². The minimum Gasteiger partial charge on any atom is -0.266 e. The molecule has 5 heteroatoms. The lowest BCUT2D eigenvalue weighted by Gasteiger charge is -2.22. The third kappa shape index (κ3) is 5.14. The van der Waals surface area contributed by atoms with Gasteiger partial charge in [0.25, 0.3) is 5.56 Å². The molecular weight excluding hydrogens is 312 g/mol. The van der Waals surface area contributed by atoms with Crippen molar-refractivity contribution in [3.05, 3.63) is 21.9 Å². The minimum absolute atomic E-state index is 0.0757. The van der Waals surface area contributed by atoms with Gasteiger partial charge < -0.3 is 0 Å². The number of aryl methyl sites for hydroxylation is 1. The highest BCUT2D eigenvalue weighted by atomic mass is 16.1. The van der Waals surface area contributed by atoms with E-state index in [1.807, 2.05) is 0 Å². The molecule has 0 aliphatic heterocycles. The third-order valence-corrected chi connectivity index (χ3v) is 5.82. The topological polar surface area (TPSA) is 71.6 Å². The molecule has 1 aromatic rings. The van der Waals surface area contributed by atoms with Crippen LogP contribution in [0.5, 0.6) is 0 Å². The van der Waals surface area contributed by atoms with Crippen LogP contribution in [0.1, 0.15) is 82.1 Å². The van der Waals surface area contributed by atoms with E-state index < -0.39 is 0 Å². The molecule has 136 valence electrons. The van der Waals surface area contributed by atoms with Crippen molar-refractivity contribution in [2.24, 2.45) is 11.8 Å². The molecule has 0 aromatic carbocycles. The first kappa shape index (κ1) is 18.1. The van der Waals surface area contributed by atoms with Crippen LogP contribution in [-0.2, 0) is 19.4 Å². The molecule has 5 nitrogen and oxygen atoms in total. The number of nitriles is 1. The summed E-state index contributed by atoms with van der Waals surface area (Å²) in [5.74, 6) is 2.05. The summed E-state index contributed by atoms with van der Waals surface area (Å²) in [6, 6.07) is 2.12. The van der Waals surface area contributed by atoms with Crippen LogP contribution in [0.15, 0.2) is 4.79 Å². The maximum Gasteiger partial charge on any atom is 0.288 e. The van der Waals surface area contributed by atoms with Gasteiger partial charge in [-0.15, -0.1) is 0 Å². The zero-order valence-electron chi connectivity index (χ0n) is 15.3. The quantitative estimate of drug-likeness (QED) is 0.788. The summed E-state index contributed by atoms with van der Waals surface area (Å²) in [5.41, 5.74) is 0.610. The fraction of sp³-hybridized carbons (Fsp3) is 0.800. The lowest BCUT2D eigenvalue weighted by Crippen LogP contribution is -2.31. The summed E-state index contributed by atoms with van der Waals surface area (Å²) in [6.45, 7) is 0.382. The molecule has 0 bridgehead atoms. The lowest BCUT2D eigenvalue weighted by atomic mass is 9.86. The highest BCUT2D eigenvalue weighted by molar-refractivity contribution is 5.02. The largest absolute Gasteiger partial charge is 0.288 e. The summed E-state index contributed by atoms with van der Waals surface area (Å²) in [4.78, 5) is 17.4. The summed E-state index contributed by atoms with van der Waals surface area (Å²) >= 11 is 0. The molecule has 0 amide bonds. The fourth-order valence-electron chi connectivity index (χ4n) is 4.40. The molecular formula is C20H30N4O. The van der Waals surface area contributed by atoms with E-state index in [1.165, 1.54) is 68.9 Å². The highest BCUT2D eigenvalue weighted by Crippen LogP contribution is 2.27. The van der Waals surface area contributed by atoms with Crippen LogP contribution in [0.4, 0.5) is 0 Å². The van der Waals surface area contributed by atoms with Gasteiger partial charge in [-0.1, -0.05) is 64.2 Å². The monoisotopic (exact) mass is 342 g/mol. The highest BCUT2D eigenvalue weighted by Gasteiger charge is 2.21. The van der Waals surface area contributed by atoms with Crippen molar-refractivity contribution < 1.29 is 0 Å². The van der Waals surface area contributed by atoms with Crippen molar-refractivity contribution in [1.82, 2.24) is 14.8 Å². The fourth-order valence-corrected chi connectivity index (χ4v) is 4.40. The second-order valence-corrected chi connectivity index (χ2v) is 7.83. The Balaban J connectivity index is 1.79. The maximum absolute atomic E-state index is 12.7. The number of rotatable bonds is 6. The van der Waals surface area contributed by atoms with Gasteiger partial charge in [-0.25, -0.2) is 9.67 Å². The number of hydrogen-bond donors (Lipinski definition) is 0. The van der Waals surface area contributed by atoms with Crippen LogP contribution in [-0.4, -0.2) is 14.8 Å². The summed E-state index contributed by atoms with van der Waals surface area (Å²) in [6.07, 6.45) is 14.7.